The molecule has 1 unspecified atom stereocenters. The van der Waals surface area contributed by atoms with Crippen LogP contribution in [0.3, 0.4) is 0 Å². The smallest absolute Gasteiger partial charge is 0.208 e. The maximum atomic E-state index is 12.5. The molecule has 0 radical (unpaired) electrons. The molecule has 2 rings (SSSR count). The number of alkyl halides is 3. The van der Waals surface area contributed by atoms with Crippen LogP contribution in [0.2, 0.25) is 0 Å². The fourth-order valence-electron chi connectivity index (χ4n) is 2.65. The Morgan fingerprint density at radius 3 is 2.19 bits per heavy atom. The van der Waals surface area contributed by atoms with Gasteiger partial charge in [0, 0.05) is 6.04 Å². The lowest BCUT2D eigenvalue weighted by atomic mass is 9.92. The SMILES string of the molecule is CC1(C)CCC(NS(=O)(=O)c2ccc(C(F)(F)F)cc2)C1. The molecule has 1 N–H and O–H groups in total. The largest absolute Gasteiger partial charge is 0.416 e. The highest BCUT2D eigenvalue weighted by atomic mass is 32.2. The van der Waals surface area contributed by atoms with E-state index in [1.165, 1.54) is 0 Å². The van der Waals surface area contributed by atoms with Crippen LogP contribution < -0.4 is 4.72 Å². The van der Waals surface area contributed by atoms with Crippen LogP contribution in [-0.2, 0) is 16.2 Å². The van der Waals surface area contributed by atoms with E-state index in [9.17, 15) is 21.6 Å². The lowest BCUT2D eigenvalue weighted by molar-refractivity contribution is -0.137. The van der Waals surface area contributed by atoms with Gasteiger partial charge < -0.3 is 0 Å². The van der Waals surface area contributed by atoms with Crippen molar-refractivity contribution in [1.82, 2.24) is 4.72 Å². The van der Waals surface area contributed by atoms with Gasteiger partial charge in [0.25, 0.3) is 0 Å². The van der Waals surface area contributed by atoms with E-state index in [0.29, 0.717) is 0 Å². The second kappa shape index (κ2) is 5.28. The van der Waals surface area contributed by atoms with E-state index in [1.807, 2.05) is 0 Å². The monoisotopic (exact) mass is 321 g/mol. The second-order valence-corrected chi connectivity index (χ2v) is 7.96. The topological polar surface area (TPSA) is 46.2 Å². The van der Waals surface area contributed by atoms with Crippen molar-refractivity contribution in [2.75, 3.05) is 0 Å². The Labute approximate surface area is 122 Å². The van der Waals surface area contributed by atoms with E-state index in [2.05, 4.69) is 18.6 Å². The van der Waals surface area contributed by atoms with Crippen molar-refractivity contribution in [3.63, 3.8) is 0 Å². The van der Waals surface area contributed by atoms with Crippen molar-refractivity contribution in [2.24, 2.45) is 5.41 Å². The van der Waals surface area contributed by atoms with E-state index < -0.39 is 21.8 Å². The van der Waals surface area contributed by atoms with Crippen LogP contribution >= 0.6 is 0 Å². The molecule has 1 aliphatic rings. The molecule has 1 atom stereocenters. The summed E-state index contributed by atoms with van der Waals surface area (Å²) in [5.74, 6) is 0. The lowest BCUT2D eigenvalue weighted by Crippen LogP contribution is -2.33. The van der Waals surface area contributed by atoms with Crippen LogP contribution in [0.15, 0.2) is 29.2 Å². The van der Waals surface area contributed by atoms with Crippen LogP contribution in [0.1, 0.15) is 38.7 Å². The van der Waals surface area contributed by atoms with Crippen molar-refractivity contribution in [1.29, 1.82) is 0 Å². The number of sulfonamides is 1. The van der Waals surface area contributed by atoms with Crippen LogP contribution in [0.4, 0.5) is 13.2 Å². The minimum atomic E-state index is -4.47. The second-order valence-electron chi connectivity index (χ2n) is 6.25. The molecule has 21 heavy (non-hydrogen) atoms. The number of hydrogen-bond acceptors (Lipinski definition) is 2. The maximum absolute atomic E-state index is 12.5. The van der Waals surface area contributed by atoms with Crippen molar-refractivity contribution >= 4 is 10.0 Å². The van der Waals surface area contributed by atoms with Crippen molar-refractivity contribution in [2.45, 2.75) is 50.2 Å². The molecule has 0 amide bonds. The molecule has 0 aromatic heterocycles. The van der Waals surface area contributed by atoms with Crippen LogP contribution in [0.5, 0.6) is 0 Å². The highest BCUT2D eigenvalue weighted by Gasteiger charge is 2.34. The van der Waals surface area contributed by atoms with E-state index in [-0.39, 0.29) is 16.4 Å². The summed E-state index contributed by atoms with van der Waals surface area (Å²) in [5, 5.41) is 0. The van der Waals surface area contributed by atoms with Gasteiger partial charge in [-0.3, -0.25) is 0 Å². The molecule has 1 aromatic rings. The number of benzene rings is 1. The van der Waals surface area contributed by atoms with Gasteiger partial charge >= 0.3 is 6.18 Å². The van der Waals surface area contributed by atoms with Crippen molar-refractivity contribution in [3.8, 4) is 0 Å². The lowest BCUT2D eigenvalue weighted by Gasteiger charge is -2.18. The van der Waals surface area contributed by atoms with E-state index >= 15 is 0 Å². The summed E-state index contributed by atoms with van der Waals surface area (Å²) in [7, 11) is -3.77. The molecule has 0 heterocycles. The Bertz CT molecular complexity index is 606. The highest BCUT2D eigenvalue weighted by molar-refractivity contribution is 7.89. The summed E-state index contributed by atoms with van der Waals surface area (Å²) in [6.07, 6.45) is -2.07. The van der Waals surface area contributed by atoms with Crippen LogP contribution in [-0.4, -0.2) is 14.5 Å². The summed E-state index contributed by atoms with van der Waals surface area (Å²) in [4.78, 5) is -0.139. The Morgan fingerprint density at radius 1 is 1.19 bits per heavy atom. The molecular formula is C14H18F3NO2S. The fraction of sp³-hybridized carbons (Fsp3) is 0.571. The molecule has 0 bridgehead atoms. The Balaban J connectivity index is 2.13. The molecule has 0 spiro atoms. The molecule has 1 fully saturated rings. The average molecular weight is 321 g/mol. The third-order valence-corrected chi connectivity index (χ3v) is 5.32. The summed E-state index contributed by atoms with van der Waals surface area (Å²) in [6.45, 7) is 4.14. The average Bonchev–Trinajstić information content (AvgIpc) is 2.67. The Morgan fingerprint density at radius 2 is 1.76 bits per heavy atom. The molecular weight excluding hydrogens is 303 g/mol. The molecule has 7 heteroatoms. The normalized spacial score (nSPS) is 22.4. The summed E-state index contributed by atoms with van der Waals surface area (Å²) < 4.78 is 64.3. The van der Waals surface area contributed by atoms with Crippen LogP contribution in [0.25, 0.3) is 0 Å². The van der Waals surface area contributed by atoms with Gasteiger partial charge in [-0.1, -0.05) is 13.8 Å². The van der Waals surface area contributed by atoms with Crippen molar-refractivity contribution in [3.05, 3.63) is 29.8 Å². The molecule has 0 aliphatic heterocycles. The number of rotatable bonds is 3. The van der Waals surface area contributed by atoms with Gasteiger partial charge in [0.2, 0.25) is 10.0 Å². The zero-order valence-corrected chi connectivity index (χ0v) is 12.7. The third-order valence-electron chi connectivity index (χ3n) is 3.78. The zero-order chi connectivity index (χ0) is 15.9. The highest BCUT2D eigenvalue weighted by Crippen LogP contribution is 2.37. The Kier molecular flexibility index (Phi) is 4.10. The Hall–Kier alpha value is -1.08. The van der Waals surface area contributed by atoms with Gasteiger partial charge in [0.1, 0.15) is 0 Å². The molecule has 118 valence electrons. The maximum Gasteiger partial charge on any atom is 0.416 e. The number of halogens is 3. The molecule has 1 aliphatic carbocycles. The van der Waals surface area contributed by atoms with E-state index in [1.54, 1.807) is 0 Å². The zero-order valence-electron chi connectivity index (χ0n) is 11.9. The fourth-order valence-corrected chi connectivity index (χ4v) is 3.92. The predicted molar refractivity (Wildman–Crippen MR) is 73.2 cm³/mol. The van der Waals surface area contributed by atoms with Gasteiger partial charge in [-0.15, -0.1) is 0 Å². The minimum absolute atomic E-state index is 0.0906. The molecule has 1 aromatic carbocycles. The predicted octanol–water partition coefficient (Wildman–Crippen LogP) is 3.56. The van der Waals surface area contributed by atoms with Gasteiger partial charge in [0.15, 0.2) is 0 Å². The summed E-state index contributed by atoms with van der Waals surface area (Å²) in [6, 6.07) is 3.39. The molecule has 1 saturated carbocycles. The standard InChI is InChI=1S/C14H18F3NO2S/c1-13(2)8-7-11(9-13)18-21(19,20)12-5-3-10(4-6-12)14(15,16)17/h3-6,11,18H,7-9H2,1-2H3. The van der Waals surface area contributed by atoms with Gasteiger partial charge in [-0.05, 0) is 48.9 Å². The number of hydrogen-bond donors (Lipinski definition) is 1. The van der Waals surface area contributed by atoms with Crippen LogP contribution in [0, 0.1) is 5.41 Å². The van der Waals surface area contributed by atoms with E-state index in [4.69, 9.17) is 0 Å². The van der Waals surface area contributed by atoms with Crippen molar-refractivity contribution < 1.29 is 21.6 Å². The summed E-state index contributed by atoms with van der Waals surface area (Å²) >= 11 is 0. The quantitative estimate of drug-likeness (QED) is 0.925. The minimum Gasteiger partial charge on any atom is -0.208 e. The summed E-state index contributed by atoms with van der Waals surface area (Å²) in [5.41, 5.74) is -0.767. The third kappa shape index (κ3) is 3.97. The van der Waals surface area contributed by atoms with Gasteiger partial charge in [-0.2, -0.15) is 13.2 Å². The first-order valence-corrected chi connectivity index (χ1v) is 8.18. The first-order chi connectivity index (χ1) is 9.50. The number of nitrogens with one attached hydrogen (secondary N) is 1. The molecule has 3 nitrogen and oxygen atoms in total. The first-order valence-electron chi connectivity index (χ1n) is 6.69. The van der Waals surface area contributed by atoms with E-state index in [0.717, 1.165) is 43.5 Å². The van der Waals surface area contributed by atoms with Gasteiger partial charge in [-0.25, -0.2) is 13.1 Å². The first kappa shape index (κ1) is 16.3. The molecule has 0 saturated heterocycles. The van der Waals surface area contributed by atoms with Gasteiger partial charge in [0.05, 0.1) is 10.5 Å².